The molecule has 0 saturated carbocycles. The zero-order chi connectivity index (χ0) is 30.6. The highest BCUT2D eigenvalue weighted by molar-refractivity contribution is 5.98. The van der Waals surface area contributed by atoms with Gasteiger partial charge < -0.3 is 25.1 Å². The number of carbonyl (C=O) groups is 1. The Labute approximate surface area is 255 Å². The third-order valence-corrected chi connectivity index (χ3v) is 9.07. The van der Waals surface area contributed by atoms with E-state index in [-0.39, 0.29) is 23.6 Å². The first-order chi connectivity index (χ1) is 20.6. The van der Waals surface area contributed by atoms with E-state index >= 15 is 0 Å². The molecular formula is C35H46N4O4. The van der Waals surface area contributed by atoms with Gasteiger partial charge in [-0.25, -0.2) is 0 Å². The van der Waals surface area contributed by atoms with Crippen molar-refractivity contribution in [3.63, 3.8) is 0 Å². The molecule has 2 aliphatic rings. The number of amides is 1. The van der Waals surface area contributed by atoms with E-state index in [4.69, 9.17) is 9.47 Å². The lowest BCUT2D eigenvalue weighted by atomic mass is 9.81. The van der Waals surface area contributed by atoms with Gasteiger partial charge >= 0.3 is 0 Å². The van der Waals surface area contributed by atoms with Gasteiger partial charge in [-0.15, -0.1) is 0 Å². The van der Waals surface area contributed by atoms with Crippen LogP contribution in [0, 0.1) is 26.7 Å². The average molecular weight is 587 g/mol. The summed E-state index contributed by atoms with van der Waals surface area (Å²) in [6, 6.07) is 14.7. The molecule has 230 valence electrons. The third kappa shape index (κ3) is 7.55. The number of aromatic nitrogens is 1. The Morgan fingerprint density at radius 3 is 2.30 bits per heavy atom. The van der Waals surface area contributed by atoms with Crippen molar-refractivity contribution >= 4 is 11.6 Å². The summed E-state index contributed by atoms with van der Waals surface area (Å²) in [5.74, 6) is 0.256. The minimum absolute atomic E-state index is 0.163. The van der Waals surface area contributed by atoms with Crippen LogP contribution < -0.4 is 16.2 Å². The van der Waals surface area contributed by atoms with Gasteiger partial charge in [0, 0.05) is 67.4 Å². The molecule has 0 aliphatic carbocycles. The molecule has 8 heteroatoms. The highest BCUT2D eigenvalue weighted by Crippen LogP contribution is 2.35. The molecular weight excluding hydrogens is 540 g/mol. The summed E-state index contributed by atoms with van der Waals surface area (Å²) in [4.78, 5) is 31.6. The predicted molar refractivity (Wildman–Crippen MR) is 172 cm³/mol. The van der Waals surface area contributed by atoms with Gasteiger partial charge in [-0.1, -0.05) is 24.3 Å². The molecule has 3 N–H and O–H groups in total. The average Bonchev–Trinajstić information content (AvgIpc) is 2.99. The highest BCUT2D eigenvalue weighted by Gasteiger charge is 2.32. The van der Waals surface area contributed by atoms with Gasteiger partial charge in [0.2, 0.25) is 0 Å². The van der Waals surface area contributed by atoms with Crippen LogP contribution in [0.4, 0.5) is 5.69 Å². The fraction of sp³-hybridized carbons (Fsp3) is 0.486. The summed E-state index contributed by atoms with van der Waals surface area (Å²) in [6.07, 6.45) is 2.00. The minimum Gasteiger partial charge on any atom is -0.381 e. The molecule has 2 fully saturated rings. The van der Waals surface area contributed by atoms with Crippen LogP contribution in [0.5, 0.6) is 0 Å². The molecule has 2 aromatic carbocycles. The molecule has 5 rings (SSSR count). The molecule has 0 spiro atoms. The van der Waals surface area contributed by atoms with E-state index in [1.54, 1.807) is 0 Å². The van der Waals surface area contributed by atoms with Gasteiger partial charge in [0.25, 0.3) is 11.5 Å². The third-order valence-electron chi connectivity index (χ3n) is 9.07. The van der Waals surface area contributed by atoms with Crippen LogP contribution in [0.2, 0.25) is 0 Å². The van der Waals surface area contributed by atoms with Crippen LogP contribution in [0.3, 0.4) is 0 Å². The predicted octanol–water partition coefficient (Wildman–Crippen LogP) is 5.35. The monoisotopic (exact) mass is 586 g/mol. The van der Waals surface area contributed by atoms with Crippen molar-refractivity contribution in [3.8, 4) is 11.1 Å². The van der Waals surface area contributed by atoms with Crippen LogP contribution in [-0.2, 0) is 22.6 Å². The summed E-state index contributed by atoms with van der Waals surface area (Å²) >= 11 is 0. The van der Waals surface area contributed by atoms with Gasteiger partial charge in [0.1, 0.15) is 0 Å². The van der Waals surface area contributed by atoms with E-state index in [1.807, 2.05) is 32.9 Å². The molecule has 8 nitrogen and oxygen atoms in total. The number of hydrogen-bond acceptors (Lipinski definition) is 6. The van der Waals surface area contributed by atoms with E-state index in [0.717, 1.165) is 92.5 Å². The van der Waals surface area contributed by atoms with Gasteiger partial charge in [-0.2, -0.15) is 0 Å². The fourth-order valence-electron chi connectivity index (χ4n) is 6.30. The Kier molecular flexibility index (Phi) is 9.69. The molecule has 3 aromatic rings. The van der Waals surface area contributed by atoms with E-state index in [0.29, 0.717) is 17.0 Å². The number of hydrogen-bond donors (Lipinski definition) is 3. The van der Waals surface area contributed by atoms with Crippen LogP contribution in [0.1, 0.15) is 65.0 Å². The minimum atomic E-state index is -0.199. The normalized spacial score (nSPS) is 16.7. The zero-order valence-electron chi connectivity index (χ0n) is 26.3. The number of rotatable bonds is 9. The molecule has 2 saturated heterocycles. The summed E-state index contributed by atoms with van der Waals surface area (Å²) in [5, 5.41) is 6.84. The maximum atomic E-state index is 13.7. The topological polar surface area (TPSA) is 95.7 Å². The lowest BCUT2D eigenvalue weighted by molar-refractivity contribution is 0.0342. The summed E-state index contributed by atoms with van der Waals surface area (Å²) in [7, 11) is 0. The summed E-state index contributed by atoms with van der Waals surface area (Å²) in [5.41, 5.74) is 7.61. The molecule has 1 aromatic heterocycles. The van der Waals surface area contributed by atoms with E-state index in [1.165, 1.54) is 5.56 Å². The fourth-order valence-corrected chi connectivity index (χ4v) is 6.30. The Balaban J connectivity index is 1.44. The molecule has 3 heterocycles. The van der Waals surface area contributed by atoms with E-state index < -0.39 is 0 Å². The van der Waals surface area contributed by atoms with Crippen molar-refractivity contribution in [1.82, 2.24) is 15.2 Å². The number of anilines is 1. The van der Waals surface area contributed by atoms with Gasteiger partial charge in [-0.05, 0) is 99.4 Å². The molecule has 0 radical (unpaired) electrons. The Bertz CT molecular complexity index is 1480. The van der Waals surface area contributed by atoms with Crippen molar-refractivity contribution < 1.29 is 14.3 Å². The summed E-state index contributed by atoms with van der Waals surface area (Å²) < 4.78 is 11.1. The second-order valence-corrected chi connectivity index (χ2v) is 12.6. The number of benzene rings is 2. The van der Waals surface area contributed by atoms with Crippen molar-refractivity contribution in [2.75, 3.05) is 44.8 Å². The van der Waals surface area contributed by atoms with Crippen LogP contribution >= 0.6 is 0 Å². The second kappa shape index (κ2) is 13.5. The Morgan fingerprint density at radius 1 is 0.953 bits per heavy atom. The van der Waals surface area contributed by atoms with Gasteiger partial charge in [0.05, 0.1) is 13.2 Å². The zero-order valence-corrected chi connectivity index (χ0v) is 26.3. The standard InChI is InChI=1S/C35H46N4O4/c1-23-18-24(2)37-34(41)31(23)21-36-33(40)30-19-28(27-8-6-26(7-9-27)22-39-12-16-43-17-13-39)20-32(25(30)3)38-35(4,5)29-10-14-42-15-11-29/h6-9,18-20,29,38H,10-17,21-22H2,1-5H3,(H,36,40)(H,37,41). The first-order valence-corrected chi connectivity index (χ1v) is 15.5. The molecule has 0 unspecified atom stereocenters. The first-order valence-electron chi connectivity index (χ1n) is 15.5. The lowest BCUT2D eigenvalue weighted by Crippen LogP contribution is -2.42. The summed E-state index contributed by atoms with van der Waals surface area (Å²) in [6.45, 7) is 16.3. The van der Waals surface area contributed by atoms with Crippen molar-refractivity contribution in [1.29, 1.82) is 0 Å². The highest BCUT2D eigenvalue weighted by atomic mass is 16.5. The van der Waals surface area contributed by atoms with Crippen molar-refractivity contribution in [2.24, 2.45) is 5.92 Å². The lowest BCUT2D eigenvalue weighted by Gasteiger charge is -2.39. The quantitative estimate of drug-likeness (QED) is 0.313. The van der Waals surface area contributed by atoms with Gasteiger partial charge in [0.15, 0.2) is 0 Å². The number of H-pyrrole nitrogens is 1. The molecule has 2 aliphatic heterocycles. The Hall–Kier alpha value is -3.46. The largest absolute Gasteiger partial charge is 0.381 e. The van der Waals surface area contributed by atoms with Crippen LogP contribution in [-0.4, -0.2) is 60.8 Å². The number of aromatic amines is 1. The van der Waals surface area contributed by atoms with E-state index in [9.17, 15) is 9.59 Å². The number of nitrogens with zero attached hydrogens (tertiary/aromatic N) is 1. The van der Waals surface area contributed by atoms with E-state index in [2.05, 4.69) is 64.7 Å². The number of aryl methyl sites for hydroxylation is 2. The Morgan fingerprint density at radius 2 is 1.63 bits per heavy atom. The van der Waals surface area contributed by atoms with Gasteiger partial charge in [-0.3, -0.25) is 14.5 Å². The van der Waals surface area contributed by atoms with Crippen LogP contribution in [0.25, 0.3) is 11.1 Å². The van der Waals surface area contributed by atoms with Crippen molar-refractivity contribution in [2.45, 2.75) is 66.1 Å². The maximum absolute atomic E-state index is 13.7. The molecule has 0 bridgehead atoms. The number of pyridine rings is 1. The number of ether oxygens (including phenoxy) is 2. The second-order valence-electron chi connectivity index (χ2n) is 12.6. The molecule has 43 heavy (non-hydrogen) atoms. The maximum Gasteiger partial charge on any atom is 0.253 e. The number of carbonyl (C=O) groups excluding carboxylic acids is 1. The molecule has 0 atom stereocenters. The number of nitrogens with one attached hydrogen (secondary N) is 3. The number of morpholine rings is 1. The smallest absolute Gasteiger partial charge is 0.253 e. The first kappa shape index (κ1) is 31.0. The molecule has 1 amide bonds. The van der Waals surface area contributed by atoms with Crippen LogP contribution in [0.15, 0.2) is 47.3 Å². The SMILES string of the molecule is Cc1cc(C)c(CNC(=O)c2cc(-c3ccc(CN4CCOCC4)cc3)cc(NC(C)(C)C3CCOCC3)c2C)c(=O)[nH]1. The van der Waals surface area contributed by atoms with Crippen molar-refractivity contribution in [3.05, 3.63) is 86.3 Å².